The van der Waals surface area contributed by atoms with Gasteiger partial charge in [0.25, 0.3) is 0 Å². The van der Waals surface area contributed by atoms with Gasteiger partial charge in [0.15, 0.2) is 5.78 Å². The lowest BCUT2D eigenvalue weighted by atomic mass is 10.1. The molecule has 0 spiro atoms. The monoisotopic (exact) mass is 230 g/mol. The lowest BCUT2D eigenvalue weighted by Gasteiger charge is -2.00. The molecule has 12 heavy (non-hydrogen) atoms. The molecule has 0 N–H and O–H groups in total. The van der Waals surface area contributed by atoms with Gasteiger partial charge >= 0.3 is 0 Å². The first-order chi connectivity index (χ1) is 5.61. The van der Waals surface area contributed by atoms with E-state index in [0.717, 1.165) is 5.57 Å². The van der Waals surface area contributed by atoms with Crippen LogP contribution in [0.15, 0.2) is 23.8 Å². The quantitative estimate of drug-likeness (QED) is 0.412. The summed E-state index contributed by atoms with van der Waals surface area (Å²) in [6, 6.07) is 0. The van der Waals surface area contributed by atoms with E-state index in [1.54, 1.807) is 0 Å². The molecule has 1 nitrogen and oxygen atoms in total. The fourth-order valence-corrected chi connectivity index (χ4v) is 1.18. The maximum atomic E-state index is 11.3. The van der Waals surface area contributed by atoms with Gasteiger partial charge in [-0.15, -0.1) is 0 Å². The molecule has 0 bridgehead atoms. The number of ketones is 1. The van der Waals surface area contributed by atoms with Crippen LogP contribution in [0, 0.1) is 5.92 Å². The number of allylic oxidation sites excluding steroid dienone is 4. The summed E-state index contributed by atoms with van der Waals surface area (Å²) in [4.78, 5) is 11.3. The summed E-state index contributed by atoms with van der Waals surface area (Å²) in [6.07, 6.45) is 5.71. The summed E-state index contributed by atoms with van der Waals surface area (Å²) in [6.45, 7) is 6.03. The lowest BCUT2D eigenvalue weighted by molar-refractivity contribution is -0.112. The van der Waals surface area contributed by atoms with Crippen molar-refractivity contribution in [3.63, 3.8) is 0 Å². The first-order valence-corrected chi connectivity index (χ1v) is 5.17. The van der Waals surface area contributed by atoms with Crippen LogP contribution in [0.4, 0.5) is 0 Å². The maximum absolute atomic E-state index is 11.3. The molecule has 0 aliphatic rings. The second-order valence-corrected chi connectivity index (χ2v) is 3.48. The molecular weight excluding hydrogens is 216 g/mol. The zero-order valence-electron chi connectivity index (χ0n) is 7.80. The molecule has 2 heteroatoms. The molecule has 0 aliphatic carbocycles. The van der Waals surface area contributed by atoms with Crippen molar-refractivity contribution < 1.29 is 4.79 Å². The number of rotatable bonds is 4. The molecule has 68 valence electrons. The van der Waals surface area contributed by atoms with E-state index in [1.165, 1.54) is 0 Å². The van der Waals surface area contributed by atoms with Gasteiger partial charge in [0.05, 0.1) is 5.33 Å². The van der Waals surface area contributed by atoms with Gasteiger partial charge in [0.1, 0.15) is 0 Å². The number of hydrogen-bond acceptors (Lipinski definition) is 1. The van der Waals surface area contributed by atoms with Gasteiger partial charge < -0.3 is 0 Å². The molecule has 0 amide bonds. The predicted octanol–water partition coefficient (Wildman–Crippen LogP) is 3.11. The van der Waals surface area contributed by atoms with Crippen molar-refractivity contribution in [3.05, 3.63) is 23.8 Å². The highest BCUT2D eigenvalue weighted by molar-refractivity contribution is 9.09. The molecule has 0 heterocycles. The Morgan fingerprint density at radius 1 is 1.50 bits per heavy atom. The van der Waals surface area contributed by atoms with E-state index < -0.39 is 0 Å². The van der Waals surface area contributed by atoms with Gasteiger partial charge in [-0.05, 0) is 12.8 Å². The third kappa shape index (κ3) is 4.50. The SMILES string of the molecule is C/C=C\C(=C/C(C)C)C(=O)CBr. The van der Waals surface area contributed by atoms with Crippen molar-refractivity contribution in [1.29, 1.82) is 0 Å². The van der Waals surface area contributed by atoms with E-state index in [4.69, 9.17) is 0 Å². The first kappa shape index (κ1) is 11.6. The average Bonchev–Trinajstić information content (AvgIpc) is 2.01. The van der Waals surface area contributed by atoms with E-state index >= 15 is 0 Å². The van der Waals surface area contributed by atoms with Crippen molar-refractivity contribution in [2.24, 2.45) is 5.92 Å². The first-order valence-electron chi connectivity index (χ1n) is 4.05. The summed E-state index contributed by atoms with van der Waals surface area (Å²) in [5.74, 6) is 0.556. The number of carbonyl (C=O) groups excluding carboxylic acids is 1. The fourth-order valence-electron chi connectivity index (χ4n) is 0.857. The molecule has 0 rings (SSSR count). The normalized spacial score (nSPS) is 12.9. The number of hydrogen-bond donors (Lipinski definition) is 0. The van der Waals surface area contributed by atoms with Gasteiger partial charge in [0.2, 0.25) is 0 Å². The topological polar surface area (TPSA) is 17.1 Å². The summed E-state index contributed by atoms with van der Waals surface area (Å²) >= 11 is 3.15. The van der Waals surface area contributed by atoms with Gasteiger partial charge in [-0.3, -0.25) is 4.79 Å². The van der Waals surface area contributed by atoms with Gasteiger partial charge in [0, 0.05) is 5.57 Å². The van der Waals surface area contributed by atoms with Crippen LogP contribution in [0.5, 0.6) is 0 Å². The van der Waals surface area contributed by atoms with Crippen LogP contribution < -0.4 is 0 Å². The molecule has 0 fully saturated rings. The second-order valence-electron chi connectivity index (χ2n) is 2.92. The fraction of sp³-hybridized carbons (Fsp3) is 0.500. The standard InChI is InChI=1S/C10H15BrO/c1-4-5-9(6-8(2)3)10(12)7-11/h4-6,8H,7H2,1-3H3/b5-4-,9-6+. The molecule has 0 aromatic carbocycles. The Kier molecular flexibility index (Phi) is 5.99. The zero-order chi connectivity index (χ0) is 9.56. The second kappa shape index (κ2) is 6.18. The van der Waals surface area contributed by atoms with Crippen LogP contribution >= 0.6 is 15.9 Å². The van der Waals surface area contributed by atoms with E-state index in [-0.39, 0.29) is 5.78 Å². The highest BCUT2D eigenvalue weighted by atomic mass is 79.9. The van der Waals surface area contributed by atoms with Crippen molar-refractivity contribution in [3.8, 4) is 0 Å². The summed E-state index contributed by atoms with van der Waals surface area (Å²) in [7, 11) is 0. The molecule has 0 aromatic heterocycles. The minimum absolute atomic E-state index is 0.141. The Morgan fingerprint density at radius 3 is 2.42 bits per heavy atom. The number of halogens is 1. The smallest absolute Gasteiger partial charge is 0.173 e. The molecule has 0 saturated carbocycles. The minimum atomic E-state index is 0.141. The van der Waals surface area contributed by atoms with Crippen LogP contribution in [-0.2, 0) is 4.79 Å². The van der Waals surface area contributed by atoms with Crippen LogP contribution in [-0.4, -0.2) is 11.1 Å². The molecular formula is C10H15BrO. The van der Waals surface area contributed by atoms with E-state index in [9.17, 15) is 4.79 Å². The van der Waals surface area contributed by atoms with Crippen LogP contribution in [0.3, 0.4) is 0 Å². The largest absolute Gasteiger partial charge is 0.293 e. The Bertz CT molecular complexity index is 202. The Morgan fingerprint density at radius 2 is 2.08 bits per heavy atom. The van der Waals surface area contributed by atoms with Crippen molar-refractivity contribution in [2.75, 3.05) is 5.33 Å². The Balaban J connectivity index is 4.54. The average molecular weight is 231 g/mol. The van der Waals surface area contributed by atoms with Crippen LogP contribution in [0.1, 0.15) is 20.8 Å². The van der Waals surface area contributed by atoms with Gasteiger partial charge in [-0.2, -0.15) is 0 Å². The molecule has 0 aromatic rings. The number of carbonyl (C=O) groups is 1. The number of Topliss-reactive ketones (excluding diaryl/α,β-unsaturated/α-hetero) is 1. The summed E-state index contributed by atoms with van der Waals surface area (Å²) in [5, 5.41) is 0.399. The molecule has 0 unspecified atom stereocenters. The maximum Gasteiger partial charge on any atom is 0.173 e. The zero-order valence-corrected chi connectivity index (χ0v) is 9.39. The molecule has 0 saturated heterocycles. The van der Waals surface area contributed by atoms with E-state index in [2.05, 4.69) is 29.8 Å². The third-order valence-corrected chi connectivity index (χ3v) is 1.81. The lowest BCUT2D eigenvalue weighted by Crippen LogP contribution is -2.02. The minimum Gasteiger partial charge on any atom is -0.293 e. The molecule has 0 atom stereocenters. The van der Waals surface area contributed by atoms with Crippen LogP contribution in [0.25, 0.3) is 0 Å². The Labute approximate surface area is 82.7 Å². The third-order valence-electron chi connectivity index (χ3n) is 1.30. The summed E-state index contributed by atoms with van der Waals surface area (Å²) in [5.41, 5.74) is 0.796. The van der Waals surface area contributed by atoms with Crippen LogP contribution in [0.2, 0.25) is 0 Å². The van der Waals surface area contributed by atoms with E-state index in [0.29, 0.717) is 11.2 Å². The predicted molar refractivity (Wildman–Crippen MR) is 56.5 cm³/mol. The Hall–Kier alpha value is -0.370. The summed E-state index contributed by atoms with van der Waals surface area (Å²) < 4.78 is 0. The highest BCUT2D eigenvalue weighted by Crippen LogP contribution is 2.06. The van der Waals surface area contributed by atoms with Crippen molar-refractivity contribution in [2.45, 2.75) is 20.8 Å². The van der Waals surface area contributed by atoms with E-state index in [1.807, 2.05) is 25.2 Å². The molecule has 0 aliphatic heterocycles. The van der Waals surface area contributed by atoms with Gasteiger partial charge in [-0.25, -0.2) is 0 Å². The van der Waals surface area contributed by atoms with Crippen molar-refractivity contribution >= 4 is 21.7 Å². The van der Waals surface area contributed by atoms with Gasteiger partial charge in [-0.1, -0.05) is 48.0 Å². The number of alkyl halides is 1. The highest BCUT2D eigenvalue weighted by Gasteiger charge is 2.03. The van der Waals surface area contributed by atoms with Crippen molar-refractivity contribution in [1.82, 2.24) is 0 Å². The molecule has 0 radical (unpaired) electrons.